The molecule has 1 aliphatic heterocycles. The Morgan fingerprint density at radius 3 is 2.79 bits per heavy atom. The average Bonchev–Trinajstić information content (AvgIpc) is 2.77. The second-order valence-electron chi connectivity index (χ2n) is 6.27. The molecule has 4 heteroatoms. The zero-order valence-electron chi connectivity index (χ0n) is 13.7. The predicted octanol–water partition coefficient (Wildman–Crippen LogP) is 5.36. The Hall–Kier alpha value is -2.07. The predicted molar refractivity (Wildman–Crippen MR) is 103 cm³/mol. The van der Waals surface area contributed by atoms with Crippen molar-refractivity contribution in [3.05, 3.63) is 64.1 Å². The van der Waals surface area contributed by atoms with E-state index in [1.807, 2.05) is 6.07 Å². The van der Waals surface area contributed by atoms with Crippen molar-refractivity contribution in [1.82, 2.24) is 9.78 Å². The highest BCUT2D eigenvalue weighted by Crippen LogP contribution is 2.35. The lowest BCUT2D eigenvalue weighted by molar-refractivity contribution is 0.780. The Labute approximate surface area is 150 Å². The van der Waals surface area contributed by atoms with Crippen molar-refractivity contribution >= 4 is 21.7 Å². The standard InChI is InChI=1S/C20H20BrN3/c1-14-7-2-3-10-17(14)19-18-11-4-5-12-22-20(18)24(23-19)16-9-6-8-15(21)13-16/h2-3,6-10,13,22H,4-5,11-12H2,1H3. The van der Waals surface area contributed by atoms with Crippen LogP contribution in [0.1, 0.15) is 24.0 Å². The van der Waals surface area contributed by atoms with Crippen LogP contribution < -0.4 is 5.32 Å². The Morgan fingerprint density at radius 1 is 1.08 bits per heavy atom. The molecule has 2 heterocycles. The fourth-order valence-electron chi connectivity index (χ4n) is 3.35. The minimum Gasteiger partial charge on any atom is -0.370 e. The SMILES string of the molecule is Cc1ccccc1-c1nn(-c2cccc(Br)c2)c2c1CCCCN2. The van der Waals surface area contributed by atoms with Crippen molar-refractivity contribution < 1.29 is 0 Å². The molecule has 1 N–H and O–H groups in total. The van der Waals surface area contributed by atoms with Crippen LogP contribution in [-0.2, 0) is 6.42 Å². The van der Waals surface area contributed by atoms with Gasteiger partial charge in [0, 0.05) is 22.1 Å². The van der Waals surface area contributed by atoms with Crippen LogP contribution in [0.25, 0.3) is 16.9 Å². The van der Waals surface area contributed by atoms with Gasteiger partial charge in [0.05, 0.1) is 11.4 Å². The van der Waals surface area contributed by atoms with E-state index in [0.717, 1.165) is 34.6 Å². The van der Waals surface area contributed by atoms with Gasteiger partial charge in [0.2, 0.25) is 0 Å². The van der Waals surface area contributed by atoms with E-state index in [-0.39, 0.29) is 0 Å². The molecule has 0 saturated heterocycles. The molecule has 0 aliphatic carbocycles. The molecule has 0 radical (unpaired) electrons. The number of nitrogens with zero attached hydrogens (tertiary/aromatic N) is 2. The van der Waals surface area contributed by atoms with E-state index in [1.54, 1.807) is 0 Å². The first-order valence-electron chi connectivity index (χ1n) is 8.42. The highest BCUT2D eigenvalue weighted by molar-refractivity contribution is 9.10. The van der Waals surface area contributed by atoms with Crippen LogP contribution in [0.3, 0.4) is 0 Å². The molecular formula is C20H20BrN3. The lowest BCUT2D eigenvalue weighted by Crippen LogP contribution is -2.07. The monoisotopic (exact) mass is 381 g/mol. The Bertz CT molecular complexity index is 882. The van der Waals surface area contributed by atoms with Crippen molar-refractivity contribution in [2.45, 2.75) is 26.2 Å². The molecule has 0 unspecified atom stereocenters. The smallest absolute Gasteiger partial charge is 0.133 e. The van der Waals surface area contributed by atoms with E-state index in [4.69, 9.17) is 5.10 Å². The number of nitrogens with one attached hydrogen (secondary N) is 1. The van der Waals surface area contributed by atoms with Crippen molar-refractivity contribution in [2.75, 3.05) is 11.9 Å². The number of hydrogen-bond acceptors (Lipinski definition) is 2. The third-order valence-electron chi connectivity index (χ3n) is 4.58. The number of aryl methyl sites for hydroxylation is 1. The van der Waals surface area contributed by atoms with Gasteiger partial charge in [0.25, 0.3) is 0 Å². The molecule has 3 nitrogen and oxygen atoms in total. The number of halogens is 1. The molecule has 0 fully saturated rings. The summed E-state index contributed by atoms with van der Waals surface area (Å²) in [5.41, 5.74) is 6.02. The van der Waals surface area contributed by atoms with E-state index in [1.165, 1.54) is 29.5 Å². The quantitative estimate of drug-likeness (QED) is 0.647. The third kappa shape index (κ3) is 2.75. The summed E-state index contributed by atoms with van der Waals surface area (Å²) in [6.07, 6.45) is 3.46. The van der Waals surface area contributed by atoms with E-state index >= 15 is 0 Å². The van der Waals surface area contributed by atoms with Crippen molar-refractivity contribution in [1.29, 1.82) is 0 Å². The highest BCUT2D eigenvalue weighted by atomic mass is 79.9. The van der Waals surface area contributed by atoms with E-state index < -0.39 is 0 Å². The summed E-state index contributed by atoms with van der Waals surface area (Å²) in [6, 6.07) is 16.8. The zero-order chi connectivity index (χ0) is 16.5. The molecular weight excluding hydrogens is 362 g/mol. The van der Waals surface area contributed by atoms with Gasteiger partial charge in [0.15, 0.2) is 0 Å². The molecule has 3 aromatic rings. The maximum Gasteiger partial charge on any atom is 0.133 e. The van der Waals surface area contributed by atoms with Gasteiger partial charge in [0.1, 0.15) is 5.82 Å². The molecule has 0 saturated carbocycles. The first-order chi connectivity index (χ1) is 11.7. The largest absolute Gasteiger partial charge is 0.370 e. The molecule has 4 rings (SSSR count). The van der Waals surface area contributed by atoms with Crippen LogP contribution in [0, 0.1) is 6.92 Å². The molecule has 0 bridgehead atoms. The second kappa shape index (κ2) is 6.44. The number of fused-ring (bicyclic) bond motifs is 1. The molecule has 0 amide bonds. The van der Waals surface area contributed by atoms with Crippen LogP contribution in [0.5, 0.6) is 0 Å². The minimum atomic E-state index is 1.000. The molecule has 1 aliphatic rings. The van der Waals surface area contributed by atoms with Gasteiger partial charge in [-0.15, -0.1) is 0 Å². The normalized spacial score (nSPS) is 13.9. The lowest BCUT2D eigenvalue weighted by atomic mass is 10.00. The number of aromatic nitrogens is 2. The van der Waals surface area contributed by atoms with Gasteiger partial charge < -0.3 is 5.32 Å². The fraction of sp³-hybridized carbons (Fsp3) is 0.250. The summed E-state index contributed by atoms with van der Waals surface area (Å²) in [6.45, 7) is 3.16. The van der Waals surface area contributed by atoms with E-state index in [0.29, 0.717) is 0 Å². The number of hydrogen-bond donors (Lipinski definition) is 1. The van der Waals surface area contributed by atoms with Crippen molar-refractivity contribution in [3.8, 4) is 16.9 Å². The summed E-state index contributed by atoms with van der Waals surface area (Å²) in [7, 11) is 0. The van der Waals surface area contributed by atoms with Gasteiger partial charge in [-0.25, -0.2) is 4.68 Å². The number of benzene rings is 2. The summed E-state index contributed by atoms with van der Waals surface area (Å²) in [5.74, 6) is 1.14. The van der Waals surface area contributed by atoms with Gasteiger partial charge >= 0.3 is 0 Å². The minimum absolute atomic E-state index is 1.000. The Kier molecular flexibility index (Phi) is 4.15. The topological polar surface area (TPSA) is 29.9 Å². The first-order valence-corrected chi connectivity index (χ1v) is 9.21. The molecule has 0 atom stereocenters. The zero-order valence-corrected chi connectivity index (χ0v) is 15.3. The van der Waals surface area contributed by atoms with Crippen LogP contribution in [0.4, 0.5) is 5.82 Å². The molecule has 24 heavy (non-hydrogen) atoms. The molecule has 2 aromatic carbocycles. The first kappa shape index (κ1) is 15.5. The van der Waals surface area contributed by atoms with Crippen LogP contribution >= 0.6 is 15.9 Å². The third-order valence-corrected chi connectivity index (χ3v) is 5.08. The molecule has 1 aromatic heterocycles. The van der Waals surface area contributed by atoms with E-state index in [2.05, 4.69) is 75.3 Å². The van der Waals surface area contributed by atoms with Crippen molar-refractivity contribution in [2.24, 2.45) is 0 Å². The summed E-state index contributed by atoms with van der Waals surface area (Å²) in [5, 5.41) is 8.62. The highest BCUT2D eigenvalue weighted by Gasteiger charge is 2.22. The van der Waals surface area contributed by atoms with Gasteiger partial charge in [-0.3, -0.25) is 0 Å². The number of rotatable bonds is 2. The summed E-state index contributed by atoms with van der Waals surface area (Å²) < 4.78 is 3.13. The van der Waals surface area contributed by atoms with Crippen molar-refractivity contribution in [3.63, 3.8) is 0 Å². The second-order valence-corrected chi connectivity index (χ2v) is 7.18. The molecule has 0 spiro atoms. The lowest BCUT2D eigenvalue weighted by Gasteiger charge is -2.09. The maximum absolute atomic E-state index is 5.01. The van der Waals surface area contributed by atoms with Gasteiger partial charge in [-0.2, -0.15) is 5.10 Å². The van der Waals surface area contributed by atoms with Crippen LogP contribution in [0.2, 0.25) is 0 Å². The molecule has 122 valence electrons. The summed E-state index contributed by atoms with van der Waals surface area (Å²) in [4.78, 5) is 0. The average molecular weight is 382 g/mol. The maximum atomic E-state index is 5.01. The Balaban J connectivity index is 1.94. The Morgan fingerprint density at radius 2 is 1.96 bits per heavy atom. The van der Waals surface area contributed by atoms with Gasteiger partial charge in [-0.05, 0) is 49.9 Å². The summed E-state index contributed by atoms with van der Waals surface area (Å²) >= 11 is 3.57. The van der Waals surface area contributed by atoms with Gasteiger partial charge in [-0.1, -0.05) is 46.3 Å². The number of anilines is 1. The van der Waals surface area contributed by atoms with E-state index in [9.17, 15) is 0 Å². The fourth-order valence-corrected chi connectivity index (χ4v) is 3.74. The van der Waals surface area contributed by atoms with Crippen LogP contribution in [-0.4, -0.2) is 16.3 Å². The van der Waals surface area contributed by atoms with Crippen LogP contribution in [0.15, 0.2) is 53.0 Å².